The summed E-state index contributed by atoms with van der Waals surface area (Å²) in [5.41, 5.74) is 4.23. The normalized spacial score (nSPS) is 20.9. The number of nitrogens with zero attached hydrogens (tertiary/aromatic N) is 4. The first-order valence-electron chi connectivity index (χ1n) is 18.4. The second kappa shape index (κ2) is 23.5. The highest BCUT2D eigenvalue weighted by molar-refractivity contribution is 8.14. The van der Waals surface area contributed by atoms with E-state index < -0.39 is 90.5 Å². The molecule has 61 heavy (non-hydrogen) atoms. The van der Waals surface area contributed by atoms with Gasteiger partial charge in [0.2, 0.25) is 16.9 Å². The Labute approximate surface area is 352 Å². The number of phosphoric ester groups is 3. The number of aliphatic carboxylic acids is 1. The van der Waals surface area contributed by atoms with Crippen LogP contribution < -0.4 is 16.4 Å². The van der Waals surface area contributed by atoms with E-state index in [9.17, 15) is 62.7 Å². The first kappa shape index (κ1) is 52.1. The quantitative estimate of drug-likeness (QED) is 0.0334. The number of aliphatic hydroxyl groups is 2. The van der Waals surface area contributed by atoms with Crippen molar-refractivity contribution < 1.29 is 90.4 Å². The SMILES string of the molecule is CC(C)(COP(=O)(O)OP(=O)(O)OCC1OC(n2cnc3c(N)ncnc32)C(O)C1OP(=O)(O)O)C(O)C(=O)NCCC(=O)NCCSC(=O)/C=C/CCCCCCC(=O)O. The minimum Gasteiger partial charge on any atom is -0.481 e. The topological polar surface area (TPSA) is 401 Å². The smallest absolute Gasteiger partial charge is 0.481 e. The van der Waals surface area contributed by atoms with E-state index in [1.807, 2.05) is 0 Å². The number of aromatic nitrogens is 4. The van der Waals surface area contributed by atoms with Crippen LogP contribution in [0.2, 0.25) is 0 Å². The van der Waals surface area contributed by atoms with Gasteiger partial charge in [-0.25, -0.2) is 28.6 Å². The van der Waals surface area contributed by atoms with E-state index in [1.54, 1.807) is 6.08 Å². The van der Waals surface area contributed by atoms with E-state index >= 15 is 0 Å². The lowest BCUT2D eigenvalue weighted by atomic mass is 9.87. The molecule has 26 nitrogen and oxygen atoms in total. The van der Waals surface area contributed by atoms with Crippen LogP contribution in [0.5, 0.6) is 0 Å². The Morgan fingerprint density at radius 1 is 1.00 bits per heavy atom. The third-order valence-corrected chi connectivity index (χ3v) is 12.4. The van der Waals surface area contributed by atoms with Crippen LogP contribution >= 0.6 is 35.2 Å². The van der Waals surface area contributed by atoms with Crippen LogP contribution in [0.4, 0.5) is 5.82 Å². The summed E-state index contributed by atoms with van der Waals surface area (Å²) in [6, 6.07) is 0. The monoisotopic (exact) mass is 949 g/mol. The Bertz CT molecular complexity index is 2000. The predicted molar refractivity (Wildman–Crippen MR) is 212 cm³/mol. The zero-order valence-corrected chi connectivity index (χ0v) is 36.3. The fourth-order valence-electron chi connectivity index (χ4n) is 5.40. The van der Waals surface area contributed by atoms with Crippen LogP contribution in [-0.2, 0) is 55.5 Å². The summed E-state index contributed by atoms with van der Waals surface area (Å²) >= 11 is 0.993. The van der Waals surface area contributed by atoms with Crippen LogP contribution in [0.3, 0.4) is 0 Å². The summed E-state index contributed by atoms with van der Waals surface area (Å²) in [6.45, 7) is 0.366. The van der Waals surface area contributed by atoms with Crippen molar-refractivity contribution in [3.05, 3.63) is 24.8 Å². The lowest BCUT2D eigenvalue weighted by Crippen LogP contribution is -2.46. The molecule has 3 rings (SSSR count). The van der Waals surface area contributed by atoms with Gasteiger partial charge in [0, 0.05) is 37.1 Å². The molecule has 0 saturated carbocycles. The van der Waals surface area contributed by atoms with Crippen molar-refractivity contribution in [1.82, 2.24) is 30.2 Å². The molecular weight excluding hydrogens is 899 g/mol. The number of carboxylic acids is 1. The summed E-state index contributed by atoms with van der Waals surface area (Å²) in [5, 5.41) is 34.8. The molecule has 1 aliphatic heterocycles. The molecule has 1 saturated heterocycles. The molecule has 7 atom stereocenters. The highest BCUT2D eigenvalue weighted by atomic mass is 32.2. The van der Waals surface area contributed by atoms with Crippen LogP contribution in [-0.4, -0.2) is 134 Å². The standard InChI is InChI=1S/C31H50N7O19P3S/c1-31(2,26(44)29(45)34-12-11-20(39)33-13-14-61-22(42)10-8-6-4-3-5-7-9-21(40)41)16-54-60(51,52)57-59(49,50)53-15-19-25(56-58(46,47)48)24(43)30(55-19)38-18-37-23-27(32)35-17-36-28(23)38/h8,10,17-19,24-26,30,43-44H,3-7,9,11-16H2,1-2H3,(H,33,39)(H,34,45)(H,40,41)(H,49,50)(H,51,52)(H2,32,35,36)(H2,46,47,48)/b10-8+. The first-order valence-corrected chi connectivity index (χ1v) is 23.9. The first-order chi connectivity index (χ1) is 28.4. The third kappa shape index (κ3) is 17.8. The molecule has 0 aromatic carbocycles. The number of unbranched alkanes of at least 4 members (excludes halogenated alkanes) is 4. The van der Waals surface area contributed by atoms with E-state index in [-0.39, 0.29) is 53.8 Å². The van der Waals surface area contributed by atoms with Gasteiger partial charge < -0.3 is 56.0 Å². The van der Waals surface area contributed by atoms with Gasteiger partial charge in [0.25, 0.3) is 0 Å². The van der Waals surface area contributed by atoms with E-state index in [0.717, 1.165) is 48.2 Å². The molecule has 2 aromatic heterocycles. The molecule has 344 valence electrons. The molecule has 1 fully saturated rings. The van der Waals surface area contributed by atoms with Gasteiger partial charge in [0.05, 0.1) is 19.5 Å². The second-order valence-electron chi connectivity index (χ2n) is 14.0. The zero-order chi connectivity index (χ0) is 45.6. The molecule has 0 aliphatic carbocycles. The van der Waals surface area contributed by atoms with Crippen molar-refractivity contribution in [3.8, 4) is 0 Å². The van der Waals surface area contributed by atoms with Gasteiger partial charge in [-0.1, -0.05) is 44.5 Å². The molecule has 0 bridgehead atoms. The van der Waals surface area contributed by atoms with Crippen molar-refractivity contribution in [3.63, 3.8) is 0 Å². The van der Waals surface area contributed by atoms with Crippen molar-refractivity contribution in [2.24, 2.45) is 5.41 Å². The number of amides is 2. The molecule has 2 amide bonds. The summed E-state index contributed by atoms with van der Waals surface area (Å²) in [4.78, 5) is 98.2. The van der Waals surface area contributed by atoms with Crippen molar-refractivity contribution in [2.45, 2.75) is 89.4 Å². The number of thioether (sulfide) groups is 1. The summed E-state index contributed by atoms with van der Waals surface area (Å²) in [5.74, 6) is -2.05. The van der Waals surface area contributed by atoms with Crippen molar-refractivity contribution >= 4 is 75.1 Å². The van der Waals surface area contributed by atoms with Gasteiger partial charge in [-0.15, -0.1) is 0 Å². The Morgan fingerprint density at radius 3 is 2.38 bits per heavy atom. The lowest BCUT2D eigenvalue weighted by molar-refractivity contribution is -0.137. The van der Waals surface area contributed by atoms with Gasteiger partial charge >= 0.3 is 29.4 Å². The fourth-order valence-corrected chi connectivity index (χ4v) is 8.83. The number of allylic oxidation sites excluding steroid dienone is 1. The number of hydrogen-bond acceptors (Lipinski definition) is 19. The van der Waals surface area contributed by atoms with Crippen LogP contribution in [0.25, 0.3) is 11.2 Å². The van der Waals surface area contributed by atoms with Gasteiger partial charge in [-0.05, 0) is 25.3 Å². The van der Waals surface area contributed by atoms with E-state index in [4.69, 9.17) is 24.6 Å². The van der Waals surface area contributed by atoms with E-state index in [0.29, 0.717) is 12.8 Å². The molecule has 1 aliphatic rings. The minimum atomic E-state index is -5.59. The number of imidazole rings is 1. The zero-order valence-electron chi connectivity index (χ0n) is 32.8. The average Bonchev–Trinajstić information content (AvgIpc) is 3.72. The summed E-state index contributed by atoms with van der Waals surface area (Å²) in [6.07, 6.45) is 0.0682. The number of anilines is 1. The second-order valence-corrected chi connectivity index (χ2v) is 19.3. The molecule has 2 aromatic rings. The highest BCUT2D eigenvalue weighted by Gasteiger charge is 2.50. The highest BCUT2D eigenvalue weighted by Crippen LogP contribution is 2.61. The lowest BCUT2D eigenvalue weighted by Gasteiger charge is -2.30. The Balaban J connectivity index is 1.40. The van der Waals surface area contributed by atoms with Crippen LogP contribution in [0, 0.1) is 5.41 Å². The molecule has 30 heteroatoms. The fraction of sp³-hybridized carbons (Fsp3) is 0.645. The number of hydrogen-bond donors (Lipinski definition) is 10. The minimum absolute atomic E-state index is 0.0233. The van der Waals surface area contributed by atoms with Crippen molar-refractivity contribution in [1.29, 1.82) is 0 Å². The number of aliphatic hydroxyl groups excluding tert-OH is 2. The maximum atomic E-state index is 12.7. The van der Waals surface area contributed by atoms with Crippen LogP contribution in [0.15, 0.2) is 24.8 Å². The number of carboxylic acid groups (broad SMARTS) is 1. The number of nitrogens with one attached hydrogen (secondary N) is 2. The average molecular weight is 950 g/mol. The number of phosphoric acid groups is 3. The molecule has 7 unspecified atom stereocenters. The molecular formula is C31H50N7O19P3S. The Kier molecular flexibility index (Phi) is 20.0. The predicted octanol–water partition coefficient (Wildman–Crippen LogP) is 0.646. The van der Waals surface area contributed by atoms with Gasteiger partial charge in [0.1, 0.15) is 36.3 Å². The number of ether oxygens (including phenoxy) is 1. The Morgan fingerprint density at radius 2 is 1.69 bits per heavy atom. The third-order valence-electron chi connectivity index (χ3n) is 8.51. The van der Waals surface area contributed by atoms with Gasteiger partial charge in [-0.2, -0.15) is 4.31 Å². The maximum absolute atomic E-state index is 12.7. The maximum Gasteiger partial charge on any atom is 0.481 e. The van der Waals surface area contributed by atoms with Gasteiger partial charge in [0.15, 0.2) is 17.7 Å². The van der Waals surface area contributed by atoms with Gasteiger partial charge in [-0.3, -0.25) is 37.3 Å². The van der Waals surface area contributed by atoms with E-state index in [1.165, 1.54) is 19.9 Å². The van der Waals surface area contributed by atoms with Crippen molar-refractivity contribution in [2.75, 3.05) is 37.8 Å². The summed E-state index contributed by atoms with van der Waals surface area (Å²) in [7, 11) is -16.4. The molecule has 0 radical (unpaired) electrons. The molecule has 11 N–H and O–H groups in total. The van der Waals surface area contributed by atoms with Crippen LogP contribution in [0.1, 0.15) is 65.0 Å². The number of nitrogens with two attached hydrogens (primary N) is 1. The number of rotatable bonds is 27. The van der Waals surface area contributed by atoms with E-state index in [2.05, 4.69) is 34.4 Å². The Hall–Kier alpha value is -3.23. The number of carbonyl (C=O) groups excluding carboxylic acids is 3. The number of fused-ring (bicyclic) bond motifs is 1. The molecule has 3 heterocycles. The number of nitrogen functional groups attached to an aromatic ring is 1. The summed E-state index contributed by atoms with van der Waals surface area (Å²) < 4.78 is 62.2. The largest absolute Gasteiger partial charge is 0.481 e. The number of carbonyl (C=O) groups is 4. The molecule has 0 spiro atoms.